The van der Waals surface area contributed by atoms with E-state index in [-0.39, 0.29) is 11.2 Å². The van der Waals surface area contributed by atoms with Gasteiger partial charge in [0.15, 0.2) is 0 Å². The molecule has 0 unspecified atom stereocenters. The van der Waals surface area contributed by atoms with Crippen molar-refractivity contribution in [2.45, 2.75) is 24.3 Å². The monoisotopic (exact) mass is 297 g/mol. The summed E-state index contributed by atoms with van der Waals surface area (Å²) in [5.74, 6) is 1.10. The van der Waals surface area contributed by atoms with E-state index in [2.05, 4.69) is 24.3 Å². The Labute approximate surface area is 130 Å². The molecule has 0 N–H and O–H groups in total. The Morgan fingerprint density at radius 3 is 2.67 bits per heavy atom. The van der Waals surface area contributed by atoms with Crippen LogP contribution in [0.4, 0.5) is 5.69 Å². The lowest BCUT2D eigenvalue weighted by Crippen LogP contribution is -2.35. The number of nitrogens with zero attached hydrogens (tertiary/aromatic N) is 1. The maximum Gasteiger partial charge on any atom is 0.239 e. The second kappa shape index (κ2) is 6.35. The lowest BCUT2D eigenvalue weighted by Gasteiger charge is -2.21. The maximum atomic E-state index is 12.6. The zero-order chi connectivity index (χ0) is 14.7. The number of fused-ring (bicyclic) bond motifs is 1. The van der Waals surface area contributed by atoms with Crippen molar-refractivity contribution in [2.75, 3.05) is 11.4 Å². The molecule has 108 valence electrons. The quantitative estimate of drug-likeness (QED) is 0.853. The molecular formula is C18H19NOS. The molecule has 2 aromatic carbocycles. The molecule has 0 aromatic heterocycles. The standard InChI is InChI=1S/C18H19NOS/c1-14(21-13-15-7-3-2-4-8-15)18(20)19-12-11-16-9-5-6-10-17(16)19/h2-10,14H,11-13H2,1H3/t14-/m1/s1. The Morgan fingerprint density at radius 2 is 1.86 bits per heavy atom. The van der Waals surface area contributed by atoms with Crippen LogP contribution in [0.1, 0.15) is 18.1 Å². The summed E-state index contributed by atoms with van der Waals surface area (Å²) < 4.78 is 0. The van der Waals surface area contributed by atoms with E-state index in [1.165, 1.54) is 11.1 Å². The van der Waals surface area contributed by atoms with Crippen LogP contribution in [0.15, 0.2) is 54.6 Å². The first kappa shape index (κ1) is 14.2. The fourth-order valence-corrected chi connectivity index (χ4v) is 3.56. The first-order chi connectivity index (χ1) is 10.3. The molecule has 0 bridgehead atoms. The van der Waals surface area contributed by atoms with Gasteiger partial charge in [0, 0.05) is 18.0 Å². The lowest BCUT2D eigenvalue weighted by atomic mass is 10.2. The van der Waals surface area contributed by atoms with Gasteiger partial charge in [-0.3, -0.25) is 4.79 Å². The van der Waals surface area contributed by atoms with Crippen LogP contribution in [0.2, 0.25) is 0 Å². The van der Waals surface area contributed by atoms with Crippen molar-refractivity contribution in [1.82, 2.24) is 0 Å². The minimum atomic E-state index is -0.0173. The number of rotatable bonds is 4. The van der Waals surface area contributed by atoms with Crippen LogP contribution in [0.5, 0.6) is 0 Å². The molecule has 2 nitrogen and oxygen atoms in total. The Morgan fingerprint density at radius 1 is 1.14 bits per heavy atom. The van der Waals surface area contributed by atoms with Gasteiger partial charge in [0.25, 0.3) is 0 Å². The minimum absolute atomic E-state index is 0.0173. The molecule has 1 aliphatic heterocycles. The highest BCUT2D eigenvalue weighted by Crippen LogP contribution is 2.30. The van der Waals surface area contributed by atoms with Gasteiger partial charge in [-0.2, -0.15) is 0 Å². The Balaban J connectivity index is 1.63. The second-order valence-corrected chi connectivity index (χ2v) is 6.64. The molecule has 1 aliphatic rings. The number of para-hydroxylation sites is 1. The normalized spacial score (nSPS) is 14.8. The average Bonchev–Trinajstić information content (AvgIpc) is 2.97. The van der Waals surface area contributed by atoms with E-state index in [0.717, 1.165) is 24.4 Å². The third kappa shape index (κ3) is 3.13. The van der Waals surface area contributed by atoms with E-state index in [1.54, 1.807) is 11.8 Å². The molecule has 0 saturated heterocycles. The Bertz CT molecular complexity index is 626. The van der Waals surface area contributed by atoms with E-state index in [4.69, 9.17) is 0 Å². The molecule has 0 spiro atoms. The molecule has 0 saturated carbocycles. The topological polar surface area (TPSA) is 20.3 Å². The summed E-state index contributed by atoms with van der Waals surface area (Å²) in [5, 5.41) is -0.0173. The van der Waals surface area contributed by atoms with Gasteiger partial charge in [-0.15, -0.1) is 11.8 Å². The summed E-state index contributed by atoms with van der Waals surface area (Å²) in [6, 6.07) is 18.5. The second-order valence-electron chi connectivity index (χ2n) is 5.31. The first-order valence-corrected chi connectivity index (χ1v) is 8.35. The van der Waals surface area contributed by atoms with Crippen LogP contribution in [0.3, 0.4) is 0 Å². The van der Waals surface area contributed by atoms with Gasteiger partial charge >= 0.3 is 0 Å². The predicted molar refractivity (Wildman–Crippen MR) is 89.7 cm³/mol. The zero-order valence-corrected chi connectivity index (χ0v) is 13.0. The third-order valence-corrected chi connectivity index (χ3v) is 5.05. The summed E-state index contributed by atoms with van der Waals surface area (Å²) in [5.41, 5.74) is 3.64. The number of amides is 1. The van der Waals surface area contributed by atoms with Crippen LogP contribution in [-0.4, -0.2) is 17.7 Å². The Hall–Kier alpha value is -1.74. The first-order valence-electron chi connectivity index (χ1n) is 7.30. The zero-order valence-electron chi connectivity index (χ0n) is 12.2. The van der Waals surface area contributed by atoms with Gasteiger partial charge < -0.3 is 4.90 Å². The van der Waals surface area contributed by atoms with Crippen LogP contribution in [-0.2, 0) is 17.0 Å². The van der Waals surface area contributed by atoms with Crippen molar-refractivity contribution in [3.8, 4) is 0 Å². The summed E-state index contributed by atoms with van der Waals surface area (Å²) in [6.07, 6.45) is 0.970. The van der Waals surface area contributed by atoms with Crippen LogP contribution < -0.4 is 4.90 Å². The molecule has 0 aliphatic carbocycles. The number of thioether (sulfide) groups is 1. The highest BCUT2D eigenvalue weighted by molar-refractivity contribution is 7.99. The summed E-state index contributed by atoms with van der Waals surface area (Å²) in [4.78, 5) is 14.6. The van der Waals surface area contributed by atoms with Gasteiger partial charge in [0.2, 0.25) is 5.91 Å². The van der Waals surface area contributed by atoms with Crippen LogP contribution >= 0.6 is 11.8 Å². The van der Waals surface area contributed by atoms with E-state index in [1.807, 2.05) is 42.2 Å². The molecule has 3 heteroatoms. The number of hydrogen-bond donors (Lipinski definition) is 0. The molecule has 1 atom stereocenters. The number of benzene rings is 2. The fraction of sp³-hybridized carbons (Fsp3) is 0.278. The molecule has 21 heavy (non-hydrogen) atoms. The van der Waals surface area contributed by atoms with Crippen molar-refractivity contribution in [2.24, 2.45) is 0 Å². The SMILES string of the molecule is C[C@@H](SCc1ccccc1)C(=O)N1CCc2ccccc21. The molecule has 0 radical (unpaired) electrons. The molecule has 2 aromatic rings. The van der Waals surface area contributed by atoms with Crippen molar-refractivity contribution < 1.29 is 4.79 Å². The minimum Gasteiger partial charge on any atom is -0.311 e. The molecule has 3 rings (SSSR count). The van der Waals surface area contributed by atoms with Gasteiger partial charge in [-0.25, -0.2) is 0 Å². The highest BCUT2D eigenvalue weighted by Gasteiger charge is 2.27. The molecular weight excluding hydrogens is 278 g/mol. The van der Waals surface area contributed by atoms with Crippen LogP contribution in [0.25, 0.3) is 0 Å². The Kier molecular flexibility index (Phi) is 4.30. The smallest absolute Gasteiger partial charge is 0.239 e. The summed E-state index contributed by atoms with van der Waals surface area (Å²) in [7, 11) is 0. The van der Waals surface area contributed by atoms with Crippen LogP contribution in [0, 0.1) is 0 Å². The number of carbonyl (C=O) groups is 1. The van der Waals surface area contributed by atoms with Crippen molar-refractivity contribution in [1.29, 1.82) is 0 Å². The van der Waals surface area contributed by atoms with Gasteiger partial charge in [-0.05, 0) is 30.5 Å². The van der Waals surface area contributed by atoms with E-state index >= 15 is 0 Å². The lowest BCUT2D eigenvalue weighted by molar-refractivity contribution is -0.117. The highest BCUT2D eigenvalue weighted by atomic mass is 32.2. The summed E-state index contributed by atoms with van der Waals surface area (Å²) in [6.45, 7) is 2.82. The largest absolute Gasteiger partial charge is 0.311 e. The predicted octanol–water partition coefficient (Wildman–Crippen LogP) is 3.90. The third-order valence-electron chi connectivity index (χ3n) is 3.84. The van der Waals surface area contributed by atoms with Crippen molar-refractivity contribution >= 4 is 23.4 Å². The van der Waals surface area contributed by atoms with E-state index < -0.39 is 0 Å². The van der Waals surface area contributed by atoms with E-state index in [0.29, 0.717) is 0 Å². The van der Waals surface area contributed by atoms with Crippen molar-refractivity contribution in [3.05, 3.63) is 65.7 Å². The van der Waals surface area contributed by atoms with Gasteiger partial charge in [0.05, 0.1) is 5.25 Å². The number of anilines is 1. The van der Waals surface area contributed by atoms with Crippen molar-refractivity contribution in [3.63, 3.8) is 0 Å². The number of hydrogen-bond acceptors (Lipinski definition) is 2. The maximum absolute atomic E-state index is 12.6. The van der Waals surface area contributed by atoms with Gasteiger partial charge in [0.1, 0.15) is 0 Å². The van der Waals surface area contributed by atoms with E-state index in [9.17, 15) is 4.79 Å². The molecule has 0 fully saturated rings. The van der Waals surface area contributed by atoms with Gasteiger partial charge in [-0.1, -0.05) is 48.5 Å². The average molecular weight is 297 g/mol. The summed E-state index contributed by atoms with van der Waals surface area (Å²) >= 11 is 1.71. The molecule has 1 amide bonds. The number of carbonyl (C=O) groups excluding carboxylic acids is 1. The fourth-order valence-electron chi connectivity index (χ4n) is 2.65. The molecule has 1 heterocycles.